The van der Waals surface area contributed by atoms with Crippen molar-refractivity contribution in [2.24, 2.45) is 5.41 Å². The van der Waals surface area contributed by atoms with Crippen LogP contribution in [0, 0.1) is 5.41 Å². The molecule has 0 radical (unpaired) electrons. The fourth-order valence-corrected chi connectivity index (χ4v) is 3.10. The van der Waals surface area contributed by atoms with E-state index < -0.39 is 5.41 Å². The van der Waals surface area contributed by atoms with Gasteiger partial charge in [0, 0.05) is 39.8 Å². The van der Waals surface area contributed by atoms with Gasteiger partial charge >= 0.3 is 0 Å². The van der Waals surface area contributed by atoms with Gasteiger partial charge in [-0.05, 0) is 27.3 Å². The molecule has 2 unspecified atom stereocenters. The van der Waals surface area contributed by atoms with Crippen LogP contribution in [-0.4, -0.2) is 85.0 Å². The normalized spacial score (nSPS) is 26.0. The summed E-state index contributed by atoms with van der Waals surface area (Å²) >= 11 is 0. The van der Waals surface area contributed by atoms with Crippen molar-refractivity contribution in [1.82, 2.24) is 14.7 Å². The summed E-state index contributed by atoms with van der Waals surface area (Å²) in [5, 5.41) is 0. The van der Waals surface area contributed by atoms with Crippen LogP contribution in [0.3, 0.4) is 0 Å². The van der Waals surface area contributed by atoms with E-state index in [0.717, 1.165) is 32.7 Å². The standard InChI is InChI=1S/C16H29N3O3/c1-6-18-7-9-19(10-8-18)15(21)16(3,4)11-17(5)14(20)13-12(2)22-13/h12-13H,6-11H2,1-5H3. The van der Waals surface area contributed by atoms with E-state index in [0.29, 0.717) is 6.54 Å². The maximum atomic E-state index is 12.8. The Labute approximate surface area is 133 Å². The molecule has 2 fully saturated rings. The van der Waals surface area contributed by atoms with Crippen molar-refractivity contribution in [2.45, 2.75) is 39.9 Å². The number of hydrogen-bond acceptors (Lipinski definition) is 4. The van der Waals surface area contributed by atoms with Crippen molar-refractivity contribution in [3.63, 3.8) is 0 Å². The van der Waals surface area contributed by atoms with Crippen molar-refractivity contribution in [3.05, 3.63) is 0 Å². The van der Waals surface area contributed by atoms with E-state index in [-0.39, 0.29) is 24.0 Å². The number of rotatable bonds is 5. The number of nitrogens with zero attached hydrogens (tertiary/aromatic N) is 3. The smallest absolute Gasteiger partial charge is 0.254 e. The fourth-order valence-electron chi connectivity index (χ4n) is 3.10. The van der Waals surface area contributed by atoms with Crippen LogP contribution in [0.4, 0.5) is 0 Å². The lowest BCUT2D eigenvalue weighted by Crippen LogP contribution is -2.54. The number of piperazine rings is 1. The van der Waals surface area contributed by atoms with Gasteiger partial charge in [-0.2, -0.15) is 0 Å². The molecule has 2 atom stereocenters. The van der Waals surface area contributed by atoms with Gasteiger partial charge in [0.15, 0.2) is 6.10 Å². The van der Waals surface area contributed by atoms with Crippen LogP contribution < -0.4 is 0 Å². The molecule has 0 saturated carbocycles. The molecule has 0 bridgehead atoms. The molecule has 0 aliphatic carbocycles. The van der Waals surface area contributed by atoms with Crippen LogP contribution >= 0.6 is 0 Å². The molecular formula is C16H29N3O3. The van der Waals surface area contributed by atoms with Gasteiger partial charge in [-0.3, -0.25) is 9.59 Å². The summed E-state index contributed by atoms with van der Waals surface area (Å²) in [5.41, 5.74) is -0.572. The molecular weight excluding hydrogens is 282 g/mol. The first kappa shape index (κ1) is 17.2. The lowest BCUT2D eigenvalue weighted by atomic mass is 9.90. The predicted octanol–water partition coefficient (Wildman–Crippen LogP) is 0.422. The van der Waals surface area contributed by atoms with Crippen LogP contribution in [0.25, 0.3) is 0 Å². The highest BCUT2D eigenvalue weighted by atomic mass is 16.6. The molecule has 2 aliphatic heterocycles. The summed E-state index contributed by atoms with van der Waals surface area (Å²) in [5.74, 6) is 0.108. The van der Waals surface area contributed by atoms with Crippen molar-refractivity contribution in [2.75, 3.05) is 46.3 Å². The Morgan fingerprint density at radius 3 is 2.23 bits per heavy atom. The van der Waals surface area contributed by atoms with E-state index in [2.05, 4.69) is 11.8 Å². The van der Waals surface area contributed by atoms with Gasteiger partial charge in [0.05, 0.1) is 11.5 Å². The summed E-state index contributed by atoms with van der Waals surface area (Å²) in [6.07, 6.45) is -0.306. The molecule has 22 heavy (non-hydrogen) atoms. The zero-order valence-electron chi connectivity index (χ0n) is 14.5. The molecule has 2 heterocycles. The quantitative estimate of drug-likeness (QED) is 0.691. The zero-order chi connectivity index (χ0) is 16.5. The average molecular weight is 311 g/mol. The molecule has 2 saturated heterocycles. The summed E-state index contributed by atoms with van der Waals surface area (Å²) in [4.78, 5) is 30.8. The summed E-state index contributed by atoms with van der Waals surface area (Å²) in [7, 11) is 1.75. The minimum Gasteiger partial charge on any atom is -0.359 e. The highest BCUT2D eigenvalue weighted by Crippen LogP contribution is 2.26. The van der Waals surface area contributed by atoms with E-state index in [4.69, 9.17) is 4.74 Å². The number of ether oxygens (including phenoxy) is 1. The second-order valence-corrected chi connectivity index (χ2v) is 7.07. The first-order valence-electron chi connectivity index (χ1n) is 8.18. The number of carbonyl (C=O) groups excluding carboxylic acids is 2. The third-order valence-corrected chi connectivity index (χ3v) is 4.65. The molecule has 0 aromatic rings. The lowest BCUT2D eigenvalue weighted by Gasteiger charge is -2.39. The third-order valence-electron chi connectivity index (χ3n) is 4.65. The Balaban J connectivity index is 1.88. The van der Waals surface area contributed by atoms with E-state index >= 15 is 0 Å². The van der Waals surface area contributed by atoms with Crippen molar-refractivity contribution < 1.29 is 14.3 Å². The highest BCUT2D eigenvalue weighted by Gasteiger charge is 2.44. The maximum Gasteiger partial charge on any atom is 0.254 e. The molecule has 126 valence electrons. The molecule has 0 aromatic heterocycles. The SMILES string of the molecule is CCN1CCN(C(=O)C(C)(C)CN(C)C(=O)C2OC2C)CC1. The second-order valence-electron chi connectivity index (χ2n) is 7.07. The van der Waals surface area contributed by atoms with Gasteiger partial charge in [0.2, 0.25) is 5.91 Å². The largest absolute Gasteiger partial charge is 0.359 e. The monoisotopic (exact) mass is 311 g/mol. The Kier molecular flexibility index (Phi) is 5.12. The Hall–Kier alpha value is -1.14. The molecule has 0 aromatic carbocycles. The molecule has 6 heteroatoms. The minimum atomic E-state index is -0.572. The number of likely N-dealkylation sites (N-methyl/N-ethyl adjacent to an activating group) is 2. The second kappa shape index (κ2) is 6.54. The number of amides is 2. The van der Waals surface area contributed by atoms with Crippen LogP contribution in [0.15, 0.2) is 0 Å². The van der Waals surface area contributed by atoms with E-state index in [1.807, 2.05) is 25.7 Å². The first-order chi connectivity index (χ1) is 10.3. The first-order valence-corrected chi connectivity index (χ1v) is 8.18. The third kappa shape index (κ3) is 3.79. The van der Waals surface area contributed by atoms with Crippen LogP contribution in [0.5, 0.6) is 0 Å². The summed E-state index contributed by atoms with van der Waals surface area (Å²) in [6, 6.07) is 0. The topological polar surface area (TPSA) is 56.4 Å². The minimum absolute atomic E-state index is 0.0101. The van der Waals surface area contributed by atoms with Crippen LogP contribution in [0.1, 0.15) is 27.7 Å². The molecule has 2 aliphatic rings. The highest BCUT2D eigenvalue weighted by molar-refractivity contribution is 5.86. The van der Waals surface area contributed by atoms with Crippen LogP contribution in [0.2, 0.25) is 0 Å². The van der Waals surface area contributed by atoms with Gasteiger partial charge in [-0.1, -0.05) is 6.92 Å². The van der Waals surface area contributed by atoms with Gasteiger partial charge in [-0.15, -0.1) is 0 Å². The lowest BCUT2D eigenvalue weighted by molar-refractivity contribution is -0.145. The van der Waals surface area contributed by atoms with Crippen molar-refractivity contribution in [1.29, 1.82) is 0 Å². The Morgan fingerprint density at radius 1 is 1.23 bits per heavy atom. The van der Waals surface area contributed by atoms with E-state index in [1.165, 1.54) is 0 Å². The summed E-state index contributed by atoms with van der Waals surface area (Å²) in [6.45, 7) is 12.7. The van der Waals surface area contributed by atoms with E-state index in [9.17, 15) is 9.59 Å². The van der Waals surface area contributed by atoms with Gasteiger partial charge in [-0.25, -0.2) is 0 Å². The average Bonchev–Trinajstić information content (AvgIpc) is 3.22. The Bertz CT molecular complexity index is 430. The molecule has 2 amide bonds. The fraction of sp³-hybridized carbons (Fsp3) is 0.875. The van der Waals surface area contributed by atoms with E-state index in [1.54, 1.807) is 11.9 Å². The van der Waals surface area contributed by atoms with Crippen LogP contribution in [-0.2, 0) is 14.3 Å². The predicted molar refractivity (Wildman–Crippen MR) is 84.4 cm³/mol. The number of epoxide rings is 1. The number of hydrogen-bond donors (Lipinski definition) is 0. The zero-order valence-corrected chi connectivity index (χ0v) is 14.5. The van der Waals surface area contributed by atoms with Gasteiger partial charge < -0.3 is 19.4 Å². The number of carbonyl (C=O) groups is 2. The van der Waals surface area contributed by atoms with Gasteiger partial charge in [0.1, 0.15) is 0 Å². The molecule has 2 rings (SSSR count). The molecule has 6 nitrogen and oxygen atoms in total. The Morgan fingerprint density at radius 2 is 1.77 bits per heavy atom. The summed E-state index contributed by atoms with van der Waals surface area (Å²) < 4.78 is 5.22. The molecule has 0 spiro atoms. The van der Waals surface area contributed by atoms with Gasteiger partial charge in [0.25, 0.3) is 5.91 Å². The van der Waals surface area contributed by atoms with Crippen molar-refractivity contribution in [3.8, 4) is 0 Å². The van der Waals surface area contributed by atoms with Crippen molar-refractivity contribution >= 4 is 11.8 Å². The maximum absolute atomic E-state index is 12.8. The molecule has 0 N–H and O–H groups in total.